The number of aryl methyl sites for hydroxylation is 2. The van der Waals surface area contributed by atoms with Crippen LogP contribution in [0, 0.1) is 6.92 Å². The molecule has 0 saturated heterocycles. The minimum Gasteiger partial charge on any atom is -0.307 e. The van der Waals surface area contributed by atoms with Crippen molar-refractivity contribution in [3.8, 4) is 0 Å². The van der Waals surface area contributed by atoms with Gasteiger partial charge in [-0.1, -0.05) is 0 Å². The third kappa shape index (κ3) is 3.11. The van der Waals surface area contributed by atoms with Gasteiger partial charge in [-0.25, -0.2) is 0 Å². The highest BCUT2D eigenvalue weighted by molar-refractivity contribution is 5.85. The molecule has 1 N–H and O–H groups in total. The topological polar surface area (TPSA) is 47.7 Å². The molecule has 2 rings (SSSR count). The van der Waals surface area contributed by atoms with Crippen molar-refractivity contribution < 1.29 is 0 Å². The molecule has 0 fully saturated rings. The number of hydrogen-bond acceptors (Lipinski definition) is 3. The standard InChI is InChI=1S/C12H19N5.ClH/c1-4-17-12(5-6-14-17)9-13-7-11-8-15-16(3)10(11)2;/h5-6,8,13H,4,7,9H2,1-3H3;1H. The number of hydrogen-bond donors (Lipinski definition) is 1. The second-order valence-electron chi connectivity index (χ2n) is 4.12. The number of nitrogens with zero attached hydrogens (tertiary/aromatic N) is 4. The SMILES string of the molecule is CCn1nccc1CNCc1cnn(C)c1C.Cl. The molecular formula is C12H20ClN5. The molecule has 100 valence electrons. The summed E-state index contributed by atoms with van der Waals surface area (Å²) < 4.78 is 3.90. The summed E-state index contributed by atoms with van der Waals surface area (Å²) in [7, 11) is 1.96. The Morgan fingerprint density at radius 2 is 2.06 bits per heavy atom. The van der Waals surface area contributed by atoms with Gasteiger partial charge < -0.3 is 5.32 Å². The van der Waals surface area contributed by atoms with Gasteiger partial charge in [-0.2, -0.15) is 10.2 Å². The largest absolute Gasteiger partial charge is 0.307 e. The molecule has 2 heterocycles. The molecule has 6 heteroatoms. The van der Waals surface area contributed by atoms with Gasteiger partial charge in [-0.15, -0.1) is 12.4 Å². The van der Waals surface area contributed by atoms with Crippen LogP contribution in [0.15, 0.2) is 18.5 Å². The summed E-state index contributed by atoms with van der Waals surface area (Å²) in [5.74, 6) is 0. The van der Waals surface area contributed by atoms with Gasteiger partial charge in [0.25, 0.3) is 0 Å². The van der Waals surface area contributed by atoms with Crippen molar-refractivity contribution in [2.75, 3.05) is 0 Å². The first-order chi connectivity index (χ1) is 8.22. The maximum absolute atomic E-state index is 4.24. The lowest BCUT2D eigenvalue weighted by molar-refractivity contribution is 0.580. The average Bonchev–Trinajstić information content (AvgIpc) is 2.90. The fourth-order valence-corrected chi connectivity index (χ4v) is 1.84. The van der Waals surface area contributed by atoms with Crippen molar-refractivity contribution in [2.24, 2.45) is 7.05 Å². The Morgan fingerprint density at radius 1 is 1.28 bits per heavy atom. The van der Waals surface area contributed by atoms with Crippen LogP contribution in [0.2, 0.25) is 0 Å². The quantitative estimate of drug-likeness (QED) is 0.898. The van der Waals surface area contributed by atoms with E-state index in [9.17, 15) is 0 Å². The molecule has 0 bridgehead atoms. The summed E-state index contributed by atoms with van der Waals surface area (Å²) in [6.07, 6.45) is 3.76. The van der Waals surface area contributed by atoms with Gasteiger partial charge in [0.15, 0.2) is 0 Å². The number of rotatable bonds is 5. The minimum atomic E-state index is 0. The Balaban J connectivity index is 0.00000162. The van der Waals surface area contributed by atoms with Crippen LogP contribution in [0.25, 0.3) is 0 Å². The zero-order chi connectivity index (χ0) is 12.3. The highest BCUT2D eigenvalue weighted by atomic mass is 35.5. The molecule has 5 nitrogen and oxygen atoms in total. The molecule has 0 unspecified atom stereocenters. The van der Waals surface area contributed by atoms with E-state index in [1.807, 2.05) is 34.9 Å². The van der Waals surface area contributed by atoms with Gasteiger partial charge in [0.05, 0.1) is 11.9 Å². The van der Waals surface area contributed by atoms with E-state index in [1.54, 1.807) is 0 Å². The lowest BCUT2D eigenvalue weighted by Gasteiger charge is -2.06. The smallest absolute Gasteiger partial charge is 0.0537 e. The summed E-state index contributed by atoms with van der Waals surface area (Å²) in [5, 5.41) is 11.9. The summed E-state index contributed by atoms with van der Waals surface area (Å²) in [6.45, 7) is 6.77. The Labute approximate surface area is 114 Å². The molecule has 0 aromatic carbocycles. The van der Waals surface area contributed by atoms with Crippen LogP contribution in [-0.2, 0) is 26.7 Å². The van der Waals surface area contributed by atoms with Crippen molar-refractivity contribution in [1.29, 1.82) is 0 Å². The molecule has 0 radical (unpaired) electrons. The monoisotopic (exact) mass is 269 g/mol. The molecule has 2 aromatic heterocycles. The van der Waals surface area contributed by atoms with Crippen LogP contribution in [0.1, 0.15) is 23.9 Å². The van der Waals surface area contributed by atoms with Gasteiger partial charge in [-0.3, -0.25) is 9.36 Å². The van der Waals surface area contributed by atoms with Crippen molar-refractivity contribution in [3.63, 3.8) is 0 Å². The molecule has 0 aliphatic heterocycles. The third-order valence-electron chi connectivity index (χ3n) is 3.06. The first-order valence-corrected chi connectivity index (χ1v) is 5.91. The molecule has 2 aromatic rings. The van der Waals surface area contributed by atoms with E-state index in [-0.39, 0.29) is 12.4 Å². The van der Waals surface area contributed by atoms with Gasteiger partial charge in [0.2, 0.25) is 0 Å². The number of aromatic nitrogens is 4. The lowest BCUT2D eigenvalue weighted by atomic mass is 10.2. The first-order valence-electron chi connectivity index (χ1n) is 5.91. The molecule has 0 atom stereocenters. The van der Waals surface area contributed by atoms with E-state index in [1.165, 1.54) is 17.0 Å². The molecule has 0 saturated carbocycles. The van der Waals surface area contributed by atoms with Crippen LogP contribution >= 0.6 is 12.4 Å². The van der Waals surface area contributed by atoms with Crippen molar-refractivity contribution in [1.82, 2.24) is 24.9 Å². The number of nitrogens with one attached hydrogen (secondary N) is 1. The summed E-state index contributed by atoms with van der Waals surface area (Å²) >= 11 is 0. The second kappa shape index (κ2) is 6.56. The Kier molecular flexibility index (Phi) is 5.37. The van der Waals surface area contributed by atoms with Crippen LogP contribution in [0.4, 0.5) is 0 Å². The van der Waals surface area contributed by atoms with E-state index in [4.69, 9.17) is 0 Å². The van der Waals surface area contributed by atoms with Crippen LogP contribution in [0.3, 0.4) is 0 Å². The van der Waals surface area contributed by atoms with Crippen LogP contribution in [-0.4, -0.2) is 19.6 Å². The van der Waals surface area contributed by atoms with E-state index in [2.05, 4.69) is 29.4 Å². The zero-order valence-corrected chi connectivity index (χ0v) is 11.9. The summed E-state index contributed by atoms with van der Waals surface area (Å²) in [4.78, 5) is 0. The van der Waals surface area contributed by atoms with Crippen molar-refractivity contribution >= 4 is 12.4 Å². The molecule has 0 aliphatic rings. The third-order valence-corrected chi connectivity index (χ3v) is 3.06. The van der Waals surface area contributed by atoms with E-state index < -0.39 is 0 Å². The Morgan fingerprint density at radius 3 is 2.67 bits per heavy atom. The normalized spacial score (nSPS) is 10.4. The molecule has 18 heavy (non-hydrogen) atoms. The Hall–Kier alpha value is -1.33. The van der Waals surface area contributed by atoms with Gasteiger partial charge in [-0.05, 0) is 19.9 Å². The molecule has 0 amide bonds. The molecule has 0 spiro atoms. The highest BCUT2D eigenvalue weighted by Gasteiger charge is 2.04. The van der Waals surface area contributed by atoms with E-state index in [0.29, 0.717) is 0 Å². The lowest BCUT2D eigenvalue weighted by Crippen LogP contribution is -2.16. The van der Waals surface area contributed by atoms with Gasteiger partial charge in [0.1, 0.15) is 0 Å². The van der Waals surface area contributed by atoms with Gasteiger partial charge >= 0.3 is 0 Å². The van der Waals surface area contributed by atoms with E-state index in [0.717, 1.165) is 19.6 Å². The van der Waals surface area contributed by atoms with E-state index >= 15 is 0 Å². The summed E-state index contributed by atoms with van der Waals surface area (Å²) in [6, 6.07) is 2.05. The van der Waals surface area contributed by atoms with Crippen molar-refractivity contribution in [2.45, 2.75) is 33.5 Å². The maximum atomic E-state index is 4.24. The second-order valence-corrected chi connectivity index (χ2v) is 4.12. The molecular weight excluding hydrogens is 250 g/mol. The first kappa shape index (κ1) is 14.7. The zero-order valence-electron chi connectivity index (χ0n) is 11.1. The predicted octanol–water partition coefficient (Wildman–Crippen LogP) is 1.66. The average molecular weight is 270 g/mol. The minimum absolute atomic E-state index is 0. The maximum Gasteiger partial charge on any atom is 0.0537 e. The van der Waals surface area contributed by atoms with Gasteiger partial charge in [0, 0.05) is 44.1 Å². The van der Waals surface area contributed by atoms with Crippen LogP contribution < -0.4 is 5.32 Å². The highest BCUT2D eigenvalue weighted by Crippen LogP contribution is 2.05. The summed E-state index contributed by atoms with van der Waals surface area (Å²) in [5.41, 5.74) is 3.67. The van der Waals surface area contributed by atoms with Crippen molar-refractivity contribution in [3.05, 3.63) is 35.4 Å². The van der Waals surface area contributed by atoms with Crippen LogP contribution in [0.5, 0.6) is 0 Å². The fourth-order valence-electron chi connectivity index (χ4n) is 1.84. The fraction of sp³-hybridized carbons (Fsp3) is 0.500. The molecule has 0 aliphatic carbocycles. The predicted molar refractivity (Wildman–Crippen MR) is 73.6 cm³/mol. The Bertz CT molecular complexity index is 488. The number of halogens is 1.